The van der Waals surface area contributed by atoms with Gasteiger partial charge in [-0.2, -0.15) is 0 Å². The minimum atomic E-state index is -0.139. The monoisotopic (exact) mass is 437 g/mol. The van der Waals surface area contributed by atoms with E-state index in [1.807, 2.05) is 6.07 Å². The first-order valence-electron chi connectivity index (χ1n) is 10.6. The summed E-state index contributed by atoms with van der Waals surface area (Å²) in [6.07, 6.45) is 7.67. The third-order valence-corrected chi connectivity index (χ3v) is 6.90. The molecule has 0 aliphatic carbocycles. The zero-order chi connectivity index (χ0) is 21.1. The fourth-order valence-electron chi connectivity index (χ4n) is 3.48. The van der Waals surface area contributed by atoms with E-state index in [-0.39, 0.29) is 5.97 Å². The molecule has 1 aliphatic heterocycles. The van der Waals surface area contributed by atoms with Crippen molar-refractivity contribution in [3.8, 4) is 0 Å². The number of carbonyl (C=O) groups excluding carboxylic acids is 1. The van der Waals surface area contributed by atoms with Crippen molar-refractivity contribution in [2.24, 2.45) is 11.8 Å². The maximum absolute atomic E-state index is 12.1. The average Bonchev–Trinajstić information content (AvgIpc) is 3.18. The molecule has 2 atom stereocenters. The summed E-state index contributed by atoms with van der Waals surface area (Å²) in [7, 11) is 0. The average molecular weight is 438 g/mol. The topological polar surface area (TPSA) is 46.8 Å². The molecule has 29 heavy (non-hydrogen) atoms. The van der Waals surface area contributed by atoms with Crippen molar-refractivity contribution in [3.05, 3.63) is 28.7 Å². The standard InChI is InChI=1S/C22H32ClN3O2S/c1-4-6-7-17(5-2)16-28-20(27)10-13-29-19-8-11-25-22(21(19)23)26-12-9-18(15-26)14-24-3/h8,11,17-18H,4-7,9-10,12-16H2,1-2H3. The van der Waals surface area contributed by atoms with Gasteiger partial charge in [0.25, 0.3) is 0 Å². The van der Waals surface area contributed by atoms with Gasteiger partial charge in [-0.15, -0.1) is 11.8 Å². The van der Waals surface area contributed by atoms with E-state index >= 15 is 0 Å². The molecule has 0 saturated carbocycles. The summed E-state index contributed by atoms with van der Waals surface area (Å²) in [6, 6.07) is 1.90. The number of halogens is 1. The molecular formula is C22H32ClN3O2S. The Kier molecular flexibility index (Phi) is 10.7. The first kappa shape index (κ1) is 23.8. The minimum absolute atomic E-state index is 0.139. The van der Waals surface area contributed by atoms with Gasteiger partial charge in [-0.25, -0.2) is 11.6 Å². The number of nitrogens with zero attached hydrogens (tertiary/aromatic N) is 3. The van der Waals surface area contributed by atoms with Gasteiger partial charge in [-0.05, 0) is 24.8 Å². The molecule has 1 fully saturated rings. The molecule has 0 N–H and O–H groups in total. The van der Waals surface area contributed by atoms with E-state index in [0.29, 0.717) is 42.2 Å². The van der Waals surface area contributed by atoms with Gasteiger partial charge in [0, 0.05) is 29.9 Å². The van der Waals surface area contributed by atoms with Gasteiger partial charge < -0.3 is 14.5 Å². The lowest BCUT2D eigenvalue weighted by Crippen LogP contribution is -2.21. The van der Waals surface area contributed by atoms with E-state index < -0.39 is 0 Å². The van der Waals surface area contributed by atoms with E-state index in [9.17, 15) is 4.79 Å². The molecule has 0 bridgehead atoms. The molecule has 2 rings (SSSR count). The third-order valence-electron chi connectivity index (χ3n) is 5.36. The van der Waals surface area contributed by atoms with Gasteiger partial charge >= 0.3 is 5.97 Å². The van der Waals surface area contributed by atoms with Crippen LogP contribution in [-0.2, 0) is 9.53 Å². The summed E-state index contributed by atoms with van der Waals surface area (Å²) in [5.41, 5.74) is 0. The number of rotatable bonds is 12. The van der Waals surface area contributed by atoms with Crippen LogP contribution < -0.4 is 4.90 Å². The molecule has 2 unspecified atom stereocenters. The van der Waals surface area contributed by atoms with Gasteiger partial charge in [0.1, 0.15) is 5.82 Å². The van der Waals surface area contributed by atoms with Gasteiger partial charge in [-0.1, -0.05) is 44.7 Å². The predicted octanol–water partition coefficient (Wildman–Crippen LogP) is 5.72. The molecule has 1 aromatic rings. The zero-order valence-electron chi connectivity index (χ0n) is 17.5. The summed E-state index contributed by atoms with van der Waals surface area (Å²) in [5.74, 6) is 2.14. The Balaban J connectivity index is 1.79. The molecule has 0 aromatic carbocycles. The number of thioether (sulfide) groups is 1. The van der Waals surface area contributed by atoms with Crippen LogP contribution in [-0.4, -0.2) is 42.9 Å². The Bertz CT molecular complexity index is 695. The zero-order valence-corrected chi connectivity index (χ0v) is 19.1. The van der Waals surface area contributed by atoms with Crippen molar-refractivity contribution in [1.29, 1.82) is 0 Å². The molecule has 1 saturated heterocycles. The first-order valence-corrected chi connectivity index (χ1v) is 12.0. The van der Waals surface area contributed by atoms with Crippen LogP contribution >= 0.6 is 23.4 Å². The number of esters is 1. The lowest BCUT2D eigenvalue weighted by Gasteiger charge is -2.19. The maximum atomic E-state index is 12.1. The lowest BCUT2D eigenvalue weighted by atomic mass is 10.0. The lowest BCUT2D eigenvalue weighted by molar-refractivity contribution is -0.144. The quantitative estimate of drug-likeness (QED) is 0.237. The van der Waals surface area contributed by atoms with Gasteiger partial charge in [0.05, 0.1) is 24.0 Å². The highest BCUT2D eigenvalue weighted by molar-refractivity contribution is 7.99. The first-order chi connectivity index (χ1) is 14.1. The Morgan fingerprint density at radius 1 is 1.52 bits per heavy atom. The van der Waals surface area contributed by atoms with Crippen LogP contribution in [0.25, 0.3) is 4.85 Å². The normalized spacial score (nSPS) is 17.2. The highest BCUT2D eigenvalue weighted by atomic mass is 35.5. The van der Waals surface area contributed by atoms with Crippen molar-refractivity contribution in [2.45, 2.75) is 57.3 Å². The van der Waals surface area contributed by atoms with Crippen LogP contribution in [0.1, 0.15) is 52.4 Å². The van der Waals surface area contributed by atoms with Crippen molar-refractivity contribution >= 4 is 35.1 Å². The van der Waals surface area contributed by atoms with Gasteiger partial charge in [0.2, 0.25) is 6.54 Å². The van der Waals surface area contributed by atoms with Crippen molar-refractivity contribution < 1.29 is 9.53 Å². The summed E-state index contributed by atoms with van der Waals surface area (Å²) in [6.45, 7) is 14.2. The Labute approximate surface area is 184 Å². The van der Waals surface area contributed by atoms with E-state index in [1.54, 1.807) is 18.0 Å². The summed E-state index contributed by atoms with van der Waals surface area (Å²) < 4.78 is 5.47. The Hall–Kier alpha value is -1.45. The molecular weight excluding hydrogens is 406 g/mol. The molecule has 5 nitrogen and oxygen atoms in total. The van der Waals surface area contributed by atoms with Crippen LogP contribution in [0, 0.1) is 18.4 Å². The van der Waals surface area contributed by atoms with E-state index in [0.717, 1.165) is 43.1 Å². The SMILES string of the molecule is [C-]#[N+]CC1CCN(c2nccc(SCCC(=O)OCC(CC)CCCC)c2Cl)C1. The number of carbonyl (C=O) groups is 1. The molecule has 2 heterocycles. The second-order valence-corrected chi connectivity index (χ2v) is 9.10. The van der Waals surface area contributed by atoms with E-state index in [1.165, 1.54) is 12.8 Å². The number of pyridine rings is 1. The molecule has 7 heteroatoms. The summed E-state index contributed by atoms with van der Waals surface area (Å²) >= 11 is 8.16. The number of ether oxygens (including phenoxy) is 1. The van der Waals surface area contributed by atoms with Crippen LogP contribution in [0.15, 0.2) is 17.2 Å². The fourth-order valence-corrected chi connectivity index (χ4v) is 4.73. The van der Waals surface area contributed by atoms with Crippen molar-refractivity contribution in [3.63, 3.8) is 0 Å². The van der Waals surface area contributed by atoms with Crippen LogP contribution in [0.4, 0.5) is 5.82 Å². The number of aromatic nitrogens is 1. The molecule has 1 aliphatic rings. The smallest absolute Gasteiger partial charge is 0.306 e. The Morgan fingerprint density at radius 3 is 3.07 bits per heavy atom. The van der Waals surface area contributed by atoms with E-state index in [2.05, 4.69) is 28.6 Å². The number of hydrogen-bond donors (Lipinski definition) is 0. The highest BCUT2D eigenvalue weighted by Gasteiger charge is 2.27. The van der Waals surface area contributed by atoms with Crippen molar-refractivity contribution in [2.75, 3.05) is 36.9 Å². The van der Waals surface area contributed by atoms with Crippen molar-refractivity contribution in [1.82, 2.24) is 4.98 Å². The fraction of sp³-hybridized carbons (Fsp3) is 0.682. The van der Waals surface area contributed by atoms with Gasteiger partial charge in [0.15, 0.2) is 0 Å². The number of unbranched alkanes of at least 4 members (excludes halogenated alkanes) is 1. The minimum Gasteiger partial charge on any atom is -0.465 e. The summed E-state index contributed by atoms with van der Waals surface area (Å²) in [5, 5.41) is 0.639. The number of anilines is 1. The van der Waals surface area contributed by atoms with Gasteiger partial charge in [-0.3, -0.25) is 4.79 Å². The second-order valence-electron chi connectivity index (χ2n) is 7.59. The maximum Gasteiger partial charge on any atom is 0.306 e. The molecule has 1 aromatic heterocycles. The summed E-state index contributed by atoms with van der Waals surface area (Å²) in [4.78, 5) is 23.1. The van der Waals surface area contributed by atoms with Crippen LogP contribution in [0.2, 0.25) is 5.02 Å². The molecule has 160 valence electrons. The predicted molar refractivity (Wildman–Crippen MR) is 121 cm³/mol. The molecule has 0 spiro atoms. The Morgan fingerprint density at radius 2 is 2.34 bits per heavy atom. The largest absolute Gasteiger partial charge is 0.465 e. The number of hydrogen-bond acceptors (Lipinski definition) is 5. The third kappa shape index (κ3) is 7.71. The highest BCUT2D eigenvalue weighted by Crippen LogP contribution is 2.36. The second kappa shape index (κ2) is 13.0. The molecule has 0 amide bonds. The van der Waals surface area contributed by atoms with E-state index in [4.69, 9.17) is 22.9 Å². The van der Waals surface area contributed by atoms with Crippen LogP contribution in [0.5, 0.6) is 0 Å². The van der Waals surface area contributed by atoms with Crippen LogP contribution in [0.3, 0.4) is 0 Å². The molecule has 0 radical (unpaired) electrons.